The summed E-state index contributed by atoms with van der Waals surface area (Å²) < 4.78 is 0. The molecule has 0 rings (SSSR count). The van der Waals surface area contributed by atoms with E-state index in [9.17, 15) is 9.90 Å². The van der Waals surface area contributed by atoms with Crippen LogP contribution in [-0.4, -0.2) is 23.7 Å². The van der Waals surface area contributed by atoms with Crippen molar-refractivity contribution < 1.29 is 9.90 Å². The maximum atomic E-state index is 12.4. The lowest BCUT2D eigenvalue weighted by Crippen LogP contribution is -2.41. The number of carbonyl (C=O) groups excluding carboxylic acids is 1. The van der Waals surface area contributed by atoms with Crippen molar-refractivity contribution >= 4 is 5.91 Å². The van der Waals surface area contributed by atoms with E-state index in [4.69, 9.17) is 0 Å². The molecule has 2 atom stereocenters. The molecular formula is C35H69NO2. The molecule has 38 heavy (non-hydrogen) atoms. The van der Waals surface area contributed by atoms with Crippen LogP contribution in [0, 0.1) is 5.92 Å². The van der Waals surface area contributed by atoms with Crippen LogP contribution in [-0.2, 0) is 4.79 Å². The van der Waals surface area contributed by atoms with Crippen LogP contribution < -0.4 is 5.32 Å². The van der Waals surface area contributed by atoms with Crippen LogP contribution in [0.25, 0.3) is 0 Å². The number of hydrogen-bond acceptors (Lipinski definition) is 2. The number of hydrogen-bond donors (Lipinski definition) is 2. The van der Waals surface area contributed by atoms with Gasteiger partial charge in [-0.15, -0.1) is 0 Å². The second-order valence-corrected chi connectivity index (χ2v) is 12.0. The molecule has 226 valence electrons. The van der Waals surface area contributed by atoms with E-state index in [-0.39, 0.29) is 24.5 Å². The van der Waals surface area contributed by atoms with E-state index in [0.29, 0.717) is 6.42 Å². The molecule has 0 aromatic heterocycles. The third kappa shape index (κ3) is 26.8. The summed E-state index contributed by atoms with van der Waals surface area (Å²) in [6.07, 6.45) is 38.4. The number of rotatable bonds is 30. The average molecular weight is 536 g/mol. The standard InChI is InChI=1S/C35H69NO2/c1-4-6-8-10-12-14-16-18-20-22-24-26-28-30-33(3)34(32-37)36-35(38)31-29-27-25-23-21-19-17-15-13-11-9-7-5-2/h28,30,33-34,37H,4-27,29,31-32H2,1-3H3,(H,36,38)/b30-28+. The Hall–Kier alpha value is -0.830. The molecule has 0 heterocycles. The first-order valence-electron chi connectivity index (χ1n) is 17.2. The largest absolute Gasteiger partial charge is 0.394 e. The Balaban J connectivity index is 3.63. The molecule has 1 amide bonds. The Morgan fingerprint density at radius 1 is 0.605 bits per heavy atom. The second kappa shape index (κ2) is 30.7. The van der Waals surface area contributed by atoms with Gasteiger partial charge in [0.2, 0.25) is 5.91 Å². The molecule has 0 aromatic rings. The highest BCUT2D eigenvalue weighted by Gasteiger charge is 2.16. The minimum Gasteiger partial charge on any atom is -0.394 e. The Bertz CT molecular complexity index is 504. The molecule has 0 aliphatic carbocycles. The number of nitrogens with one attached hydrogen (secondary N) is 1. The van der Waals surface area contributed by atoms with Gasteiger partial charge in [-0.05, 0) is 25.2 Å². The van der Waals surface area contributed by atoms with Crippen LogP contribution in [0.5, 0.6) is 0 Å². The Morgan fingerprint density at radius 3 is 1.37 bits per heavy atom. The van der Waals surface area contributed by atoms with Gasteiger partial charge in [-0.1, -0.05) is 174 Å². The summed E-state index contributed by atoms with van der Waals surface area (Å²) in [7, 11) is 0. The number of carbonyl (C=O) groups is 1. The van der Waals surface area contributed by atoms with Crippen molar-refractivity contribution in [1.82, 2.24) is 5.32 Å². The highest BCUT2D eigenvalue weighted by atomic mass is 16.3. The quantitative estimate of drug-likeness (QED) is 0.0709. The van der Waals surface area contributed by atoms with Gasteiger partial charge < -0.3 is 10.4 Å². The van der Waals surface area contributed by atoms with Crippen LogP contribution >= 0.6 is 0 Å². The Morgan fingerprint density at radius 2 is 0.974 bits per heavy atom. The highest BCUT2D eigenvalue weighted by molar-refractivity contribution is 5.76. The third-order valence-electron chi connectivity index (χ3n) is 8.10. The van der Waals surface area contributed by atoms with E-state index >= 15 is 0 Å². The maximum absolute atomic E-state index is 12.4. The molecule has 0 aromatic carbocycles. The van der Waals surface area contributed by atoms with E-state index in [1.54, 1.807) is 0 Å². The van der Waals surface area contributed by atoms with E-state index in [0.717, 1.165) is 19.3 Å². The van der Waals surface area contributed by atoms with Crippen molar-refractivity contribution in [3.63, 3.8) is 0 Å². The molecule has 0 saturated carbocycles. The van der Waals surface area contributed by atoms with Crippen molar-refractivity contribution in [2.75, 3.05) is 6.61 Å². The van der Waals surface area contributed by atoms with E-state index in [1.165, 1.54) is 141 Å². The fraction of sp³-hybridized carbons (Fsp3) is 0.914. The van der Waals surface area contributed by atoms with Crippen molar-refractivity contribution in [3.8, 4) is 0 Å². The summed E-state index contributed by atoms with van der Waals surface area (Å²) in [5, 5.41) is 12.9. The first-order chi connectivity index (χ1) is 18.7. The number of aliphatic hydroxyl groups is 1. The first-order valence-corrected chi connectivity index (χ1v) is 17.2. The van der Waals surface area contributed by atoms with Crippen LogP contribution in [0.1, 0.15) is 188 Å². The van der Waals surface area contributed by atoms with Gasteiger partial charge in [-0.3, -0.25) is 4.79 Å². The Kier molecular flexibility index (Phi) is 30.0. The molecule has 2 N–H and O–H groups in total. The lowest BCUT2D eigenvalue weighted by molar-refractivity contribution is -0.122. The number of amides is 1. The monoisotopic (exact) mass is 536 g/mol. The number of allylic oxidation sites excluding steroid dienone is 1. The summed E-state index contributed by atoms with van der Waals surface area (Å²) in [4.78, 5) is 12.4. The summed E-state index contributed by atoms with van der Waals surface area (Å²) in [5.74, 6) is 0.265. The third-order valence-corrected chi connectivity index (χ3v) is 8.10. The molecular weight excluding hydrogens is 466 g/mol. The molecule has 3 heteroatoms. The fourth-order valence-corrected chi connectivity index (χ4v) is 5.30. The second-order valence-electron chi connectivity index (χ2n) is 12.0. The zero-order valence-corrected chi connectivity index (χ0v) is 26.3. The predicted octanol–water partition coefficient (Wildman–Crippen LogP) is 10.8. The lowest BCUT2D eigenvalue weighted by Gasteiger charge is -2.21. The van der Waals surface area contributed by atoms with Crippen molar-refractivity contribution in [3.05, 3.63) is 12.2 Å². The summed E-state index contributed by atoms with van der Waals surface area (Å²) in [6.45, 7) is 6.66. The predicted molar refractivity (Wildman–Crippen MR) is 169 cm³/mol. The van der Waals surface area contributed by atoms with Gasteiger partial charge >= 0.3 is 0 Å². The van der Waals surface area contributed by atoms with Crippen LogP contribution in [0.4, 0.5) is 0 Å². The molecule has 0 saturated heterocycles. The summed E-state index contributed by atoms with van der Waals surface area (Å²) >= 11 is 0. The zero-order chi connectivity index (χ0) is 27.9. The van der Waals surface area contributed by atoms with Gasteiger partial charge in [0.15, 0.2) is 0 Å². The molecule has 0 aliphatic rings. The van der Waals surface area contributed by atoms with Gasteiger partial charge in [-0.25, -0.2) is 0 Å². The highest BCUT2D eigenvalue weighted by Crippen LogP contribution is 2.15. The molecule has 0 bridgehead atoms. The van der Waals surface area contributed by atoms with E-state index < -0.39 is 0 Å². The molecule has 3 nitrogen and oxygen atoms in total. The van der Waals surface area contributed by atoms with Crippen LogP contribution in [0.2, 0.25) is 0 Å². The minimum absolute atomic E-state index is 0.00823. The minimum atomic E-state index is -0.168. The molecule has 2 unspecified atom stereocenters. The average Bonchev–Trinajstić information content (AvgIpc) is 2.92. The smallest absolute Gasteiger partial charge is 0.220 e. The SMILES string of the molecule is CCCCCCCCCCCCC/C=C/C(C)C(CO)NC(=O)CCCCCCCCCCCCCCC. The Labute approximate surface area is 239 Å². The van der Waals surface area contributed by atoms with Gasteiger partial charge in [0, 0.05) is 6.42 Å². The van der Waals surface area contributed by atoms with Crippen molar-refractivity contribution in [2.24, 2.45) is 5.92 Å². The summed E-state index contributed by atoms with van der Waals surface area (Å²) in [5.41, 5.74) is 0. The molecule has 0 spiro atoms. The van der Waals surface area contributed by atoms with Crippen LogP contribution in [0.15, 0.2) is 12.2 Å². The van der Waals surface area contributed by atoms with Gasteiger partial charge in [-0.2, -0.15) is 0 Å². The van der Waals surface area contributed by atoms with Gasteiger partial charge in [0.05, 0.1) is 12.6 Å². The van der Waals surface area contributed by atoms with E-state index in [2.05, 4.69) is 38.2 Å². The fourth-order valence-electron chi connectivity index (χ4n) is 5.30. The number of unbranched alkanes of at least 4 members (excludes halogenated alkanes) is 23. The lowest BCUT2D eigenvalue weighted by atomic mass is 10.0. The van der Waals surface area contributed by atoms with Crippen molar-refractivity contribution in [1.29, 1.82) is 0 Å². The van der Waals surface area contributed by atoms with Crippen molar-refractivity contribution in [2.45, 2.75) is 194 Å². The van der Waals surface area contributed by atoms with E-state index in [1.807, 2.05) is 0 Å². The molecule has 0 aliphatic heterocycles. The van der Waals surface area contributed by atoms with Gasteiger partial charge in [0.25, 0.3) is 0 Å². The van der Waals surface area contributed by atoms with Gasteiger partial charge in [0.1, 0.15) is 0 Å². The molecule has 0 radical (unpaired) electrons. The number of aliphatic hydroxyl groups excluding tert-OH is 1. The molecule has 0 fully saturated rings. The van der Waals surface area contributed by atoms with Crippen LogP contribution in [0.3, 0.4) is 0 Å². The maximum Gasteiger partial charge on any atom is 0.220 e. The first kappa shape index (κ1) is 37.2. The normalized spacial score (nSPS) is 13.3. The zero-order valence-electron chi connectivity index (χ0n) is 26.3. The summed E-state index contributed by atoms with van der Waals surface area (Å²) in [6, 6.07) is -0.168. The topological polar surface area (TPSA) is 49.3 Å².